The van der Waals surface area contributed by atoms with Crippen molar-refractivity contribution in [3.8, 4) is 5.75 Å². The van der Waals surface area contributed by atoms with Gasteiger partial charge in [-0.15, -0.1) is 0 Å². The predicted octanol–water partition coefficient (Wildman–Crippen LogP) is 5.22. The zero-order valence-corrected chi connectivity index (χ0v) is 23.6. The van der Waals surface area contributed by atoms with Crippen LogP contribution in [0.3, 0.4) is 0 Å². The predicted molar refractivity (Wildman–Crippen MR) is 158 cm³/mol. The summed E-state index contributed by atoms with van der Waals surface area (Å²) in [4.78, 5) is 36.6. The van der Waals surface area contributed by atoms with Crippen LogP contribution in [0.15, 0.2) is 52.3 Å². The van der Waals surface area contributed by atoms with Crippen molar-refractivity contribution in [2.24, 2.45) is 0 Å². The van der Waals surface area contributed by atoms with E-state index in [1.807, 2.05) is 43.3 Å². The number of thiocarbonyl (C=S) groups is 1. The standard InChI is InChI=1S/C29H32N4O3S2/c1-4-21-7-5-6-15-31(21)26-23(27(34)33-18-19(2)8-13-25(33)30-26)17-24-28(35)32(29(37)38-24)16-14-20-9-11-22(36-3)12-10-20/h8-13,17-18,21H,4-7,14-16H2,1-3H3. The second-order valence-corrected chi connectivity index (χ2v) is 11.4. The zero-order valence-electron chi connectivity index (χ0n) is 22.0. The number of nitrogens with zero attached hydrogens (tertiary/aromatic N) is 4. The molecule has 38 heavy (non-hydrogen) atoms. The van der Waals surface area contributed by atoms with Gasteiger partial charge >= 0.3 is 0 Å². The summed E-state index contributed by atoms with van der Waals surface area (Å²) >= 11 is 6.84. The smallest absolute Gasteiger partial charge is 0.267 e. The average Bonchev–Trinajstić information content (AvgIpc) is 3.21. The van der Waals surface area contributed by atoms with Gasteiger partial charge in [0.25, 0.3) is 11.5 Å². The zero-order chi connectivity index (χ0) is 26.8. The second-order valence-electron chi connectivity index (χ2n) is 9.77. The lowest BCUT2D eigenvalue weighted by molar-refractivity contribution is -0.122. The molecule has 198 valence electrons. The Balaban J connectivity index is 1.50. The molecule has 2 aliphatic rings. The maximum atomic E-state index is 13.8. The van der Waals surface area contributed by atoms with E-state index < -0.39 is 0 Å². The fourth-order valence-corrected chi connectivity index (χ4v) is 6.44. The highest BCUT2D eigenvalue weighted by molar-refractivity contribution is 8.26. The fourth-order valence-electron chi connectivity index (χ4n) is 5.15. The van der Waals surface area contributed by atoms with E-state index in [-0.39, 0.29) is 11.5 Å². The van der Waals surface area contributed by atoms with Crippen molar-refractivity contribution in [2.75, 3.05) is 25.1 Å². The van der Waals surface area contributed by atoms with E-state index in [4.69, 9.17) is 21.9 Å². The molecule has 0 radical (unpaired) electrons. The quantitative estimate of drug-likeness (QED) is 0.296. The van der Waals surface area contributed by atoms with Crippen molar-refractivity contribution in [3.05, 3.63) is 74.5 Å². The van der Waals surface area contributed by atoms with Crippen molar-refractivity contribution in [2.45, 2.75) is 52.0 Å². The lowest BCUT2D eigenvalue weighted by Crippen LogP contribution is -2.41. The van der Waals surface area contributed by atoms with Crippen LogP contribution in [-0.4, -0.2) is 50.8 Å². The number of pyridine rings is 1. The van der Waals surface area contributed by atoms with Crippen molar-refractivity contribution in [1.82, 2.24) is 14.3 Å². The number of carbonyl (C=O) groups is 1. The van der Waals surface area contributed by atoms with E-state index in [0.29, 0.717) is 45.3 Å². The normalized spacial score (nSPS) is 19.1. The molecule has 1 unspecified atom stereocenters. The number of piperidine rings is 1. The monoisotopic (exact) mass is 548 g/mol. The molecule has 1 atom stereocenters. The van der Waals surface area contributed by atoms with Crippen LogP contribution in [0.25, 0.3) is 11.7 Å². The number of hydrogen-bond acceptors (Lipinski definition) is 7. The van der Waals surface area contributed by atoms with Crippen LogP contribution in [0.1, 0.15) is 49.3 Å². The summed E-state index contributed by atoms with van der Waals surface area (Å²) in [5.74, 6) is 1.29. The Morgan fingerprint density at radius 3 is 2.68 bits per heavy atom. The Morgan fingerprint density at radius 2 is 1.95 bits per heavy atom. The minimum Gasteiger partial charge on any atom is -0.497 e. The first-order valence-corrected chi connectivity index (χ1v) is 14.3. The van der Waals surface area contributed by atoms with Gasteiger partial charge < -0.3 is 9.64 Å². The third kappa shape index (κ3) is 5.22. The van der Waals surface area contributed by atoms with Crippen LogP contribution < -0.4 is 15.2 Å². The molecule has 0 saturated carbocycles. The van der Waals surface area contributed by atoms with Crippen molar-refractivity contribution in [3.63, 3.8) is 0 Å². The molecule has 2 aromatic heterocycles. The molecule has 0 aliphatic carbocycles. The van der Waals surface area contributed by atoms with Gasteiger partial charge in [-0.2, -0.15) is 0 Å². The molecular weight excluding hydrogens is 516 g/mol. The molecule has 0 spiro atoms. The number of benzene rings is 1. The van der Waals surface area contributed by atoms with E-state index in [1.54, 1.807) is 28.7 Å². The number of carbonyl (C=O) groups excluding carboxylic acids is 1. The van der Waals surface area contributed by atoms with E-state index in [2.05, 4.69) is 11.8 Å². The largest absolute Gasteiger partial charge is 0.497 e. The van der Waals surface area contributed by atoms with E-state index in [0.717, 1.165) is 42.7 Å². The van der Waals surface area contributed by atoms with Crippen LogP contribution in [0, 0.1) is 6.92 Å². The molecule has 0 bridgehead atoms. The lowest BCUT2D eigenvalue weighted by atomic mass is 9.99. The molecule has 4 heterocycles. The van der Waals surface area contributed by atoms with Crippen LogP contribution in [0.4, 0.5) is 5.82 Å². The molecule has 7 nitrogen and oxygen atoms in total. The maximum absolute atomic E-state index is 13.8. The van der Waals surface area contributed by atoms with Gasteiger partial charge in [0.1, 0.15) is 21.5 Å². The molecule has 3 aromatic rings. The van der Waals surface area contributed by atoms with Gasteiger partial charge in [-0.05, 0) is 74.4 Å². The number of aromatic nitrogens is 2. The Kier molecular flexibility index (Phi) is 7.85. The Morgan fingerprint density at radius 1 is 1.16 bits per heavy atom. The molecule has 2 fully saturated rings. The summed E-state index contributed by atoms with van der Waals surface area (Å²) in [6.45, 7) is 5.44. The average molecular weight is 549 g/mol. The van der Waals surface area contributed by atoms with Crippen molar-refractivity contribution in [1.29, 1.82) is 0 Å². The SMILES string of the molecule is CCC1CCCCN1c1nc2ccc(C)cn2c(=O)c1C=C1SC(=S)N(CCc2ccc(OC)cc2)C1=O. The summed E-state index contributed by atoms with van der Waals surface area (Å²) in [7, 11) is 1.64. The number of methoxy groups -OCH3 is 1. The molecular formula is C29H32N4O3S2. The van der Waals surface area contributed by atoms with Gasteiger partial charge in [-0.3, -0.25) is 18.9 Å². The summed E-state index contributed by atoms with van der Waals surface area (Å²) in [5, 5.41) is 0. The number of ether oxygens (including phenoxy) is 1. The van der Waals surface area contributed by atoms with E-state index >= 15 is 0 Å². The molecule has 0 N–H and O–H groups in total. The lowest BCUT2D eigenvalue weighted by Gasteiger charge is -2.37. The minimum atomic E-state index is -0.169. The molecule has 1 aromatic carbocycles. The number of anilines is 1. The van der Waals surface area contributed by atoms with Gasteiger partial charge in [-0.25, -0.2) is 4.98 Å². The fraction of sp³-hybridized carbons (Fsp3) is 0.379. The van der Waals surface area contributed by atoms with Crippen LogP contribution in [0.5, 0.6) is 5.75 Å². The van der Waals surface area contributed by atoms with Gasteiger partial charge in [0.05, 0.1) is 17.6 Å². The Labute approximate surface area is 232 Å². The summed E-state index contributed by atoms with van der Waals surface area (Å²) < 4.78 is 7.32. The first-order chi connectivity index (χ1) is 18.4. The number of aryl methyl sites for hydroxylation is 1. The van der Waals surface area contributed by atoms with Crippen molar-refractivity contribution < 1.29 is 9.53 Å². The molecule has 2 saturated heterocycles. The maximum Gasteiger partial charge on any atom is 0.267 e. The first kappa shape index (κ1) is 26.4. The van der Waals surface area contributed by atoms with Gasteiger partial charge in [0.15, 0.2) is 0 Å². The number of amides is 1. The highest BCUT2D eigenvalue weighted by Gasteiger charge is 2.33. The first-order valence-electron chi connectivity index (χ1n) is 13.1. The van der Waals surface area contributed by atoms with Crippen LogP contribution in [0.2, 0.25) is 0 Å². The van der Waals surface area contributed by atoms with Crippen LogP contribution in [-0.2, 0) is 11.2 Å². The number of thioether (sulfide) groups is 1. The third-order valence-corrected chi connectivity index (χ3v) is 8.67. The Hall–Kier alpha value is -3.17. The summed E-state index contributed by atoms with van der Waals surface area (Å²) in [6.07, 6.45) is 8.45. The molecule has 9 heteroatoms. The van der Waals surface area contributed by atoms with Crippen molar-refractivity contribution >= 4 is 51.7 Å². The van der Waals surface area contributed by atoms with E-state index in [9.17, 15) is 9.59 Å². The topological polar surface area (TPSA) is 67.2 Å². The highest BCUT2D eigenvalue weighted by Crippen LogP contribution is 2.35. The van der Waals surface area contributed by atoms with Gasteiger partial charge in [0, 0.05) is 25.3 Å². The number of hydrogen-bond donors (Lipinski definition) is 0. The number of rotatable bonds is 7. The number of fused-ring (bicyclic) bond motifs is 1. The summed E-state index contributed by atoms with van der Waals surface area (Å²) in [6, 6.07) is 12.0. The van der Waals surface area contributed by atoms with Crippen LogP contribution >= 0.6 is 24.0 Å². The second kappa shape index (κ2) is 11.3. The third-order valence-electron chi connectivity index (χ3n) is 7.29. The summed E-state index contributed by atoms with van der Waals surface area (Å²) in [5.41, 5.74) is 2.95. The highest BCUT2D eigenvalue weighted by atomic mass is 32.2. The molecule has 5 rings (SSSR count). The van der Waals surface area contributed by atoms with E-state index in [1.165, 1.54) is 18.2 Å². The molecule has 1 amide bonds. The minimum absolute atomic E-state index is 0.168. The Bertz CT molecular complexity index is 1470. The van der Waals surface area contributed by atoms with Gasteiger partial charge in [0.2, 0.25) is 0 Å². The molecule has 2 aliphatic heterocycles. The van der Waals surface area contributed by atoms with Gasteiger partial charge in [-0.1, -0.05) is 49.1 Å².